The highest BCUT2D eigenvalue weighted by molar-refractivity contribution is 7.98. The van der Waals surface area contributed by atoms with Gasteiger partial charge in [0.1, 0.15) is 5.75 Å². The lowest BCUT2D eigenvalue weighted by molar-refractivity contribution is 0.0939. The van der Waals surface area contributed by atoms with Crippen molar-refractivity contribution in [3.05, 3.63) is 94.5 Å². The molecule has 150 valence electrons. The molecule has 0 aliphatic heterocycles. The first-order valence-corrected chi connectivity index (χ1v) is 10.9. The molecule has 0 saturated carbocycles. The molecule has 3 rings (SSSR count). The fourth-order valence-corrected chi connectivity index (χ4v) is 3.95. The number of benzene rings is 3. The summed E-state index contributed by atoms with van der Waals surface area (Å²) in [6.07, 6.45) is 0. The minimum atomic E-state index is -0.117. The van der Waals surface area contributed by atoms with Crippen LogP contribution in [0.15, 0.2) is 77.7 Å². The smallest absolute Gasteiger partial charge is 0.251 e. The third-order valence-corrected chi connectivity index (χ3v) is 5.79. The molecule has 3 aromatic rings. The Balaban J connectivity index is 1.74. The van der Waals surface area contributed by atoms with Crippen LogP contribution in [0.25, 0.3) is 0 Å². The topological polar surface area (TPSA) is 38.3 Å². The van der Waals surface area contributed by atoms with E-state index in [1.165, 1.54) is 4.90 Å². The zero-order chi connectivity index (χ0) is 20.6. The molecule has 0 aliphatic rings. The van der Waals surface area contributed by atoms with Crippen molar-refractivity contribution in [2.45, 2.75) is 30.5 Å². The summed E-state index contributed by atoms with van der Waals surface area (Å²) >= 11 is 7.67. The highest BCUT2D eigenvalue weighted by Crippen LogP contribution is 2.29. The van der Waals surface area contributed by atoms with Gasteiger partial charge >= 0.3 is 0 Å². The number of hydrogen-bond acceptors (Lipinski definition) is 3. The van der Waals surface area contributed by atoms with Crippen molar-refractivity contribution in [3.63, 3.8) is 0 Å². The van der Waals surface area contributed by atoms with Gasteiger partial charge in [0.25, 0.3) is 5.91 Å². The second kappa shape index (κ2) is 10.4. The number of halogens is 1. The number of amides is 1. The number of hydrogen-bond donors (Lipinski definition) is 1. The van der Waals surface area contributed by atoms with Crippen LogP contribution in [0.3, 0.4) is 0 Å². The third kappa shape index (κ3) is 6.02. The summed E-state index contributed by atoms with van der Waals surface area (Å²) in [5.74, 6) is 1.44. The van der Waals surface area contributed by atoms with Gasteiger partial charge in [-0.25, -0.2) is 0 Å². The Hall–Kier alpha value is -2.43. The van der Waals surface area contributed by atoms with Gasteiger partial charge in [-0.1, -0.05) is 41.9 Å². The molecule has 0 radical (unpaired) electrons. The van der Waals surface area contributed by atoms with Gasteiger partial charge in [-0.2, -0.15) is 0 Å². The summed E-state index contributed by atoms with van der Waals surface area (Å²) in [6.45, 7) is 4.51. The lowest BCUT2D eigenvalue weighted by Crippen LogP contribution is -2.26. The Morgan fingerprint density at radius 3 is 2.48 bits per heavy atom. The van der Waals surface area contributed by atoms with E-state index in [-0.39, 0.29) is 11.9 Å². The molecule has 1 N–H and O–H groups in total. The molecule has 1 amide bonds. The molecule has 0 spiro atoms. The van der Waals surface area contributed by atoms with E-state index in [0.29, 0.717) is 17.2 Å². The maximum absolute atomic E-state index is 12.8. The van der Waals surface area contributed by atoms with Crippen LogP contribution >= 0.6 is 23.4 Å². The monoisotopic (exact) mass is 425 g/mol. The molecule has 1 atom stereocenters. The van der Waals surface area contributed by atoms with E-state index < -0.39 is 0 Å². The van der Waals surface area contributed by atoms with E-state index in [0.717, 1.165) is 22.6 Å². The second-order valence-corrected chi connectivity index (χ2v) is 8.09. The number of nitrogens with one attached hydrogen (secondary N) is 1. The number of carbonyl (C=O) groups excluding carboxylic acids is 1. The molecule has 3 aromatic carbocycles. The number of rotatable bonds is 8. The van der Waals surface area contributed by atoms with Gasteiger partial charge in [0.15, 0.2) is 0 Å². The number of carbonyl (C=O) groups is 1. The van der Waals surface area contributed by atoms with Gasteiger partial charge in [0, 0.05) is 26.8 Å². The second-order valence-electron chi connectivity index (χ2n) is 6.60. The molecule has 3 nitrogen and oxygen atoms in total. The molecule has 0 saturated heterocycles. The summed E-state index contributed by atoms with van der Waals surface area (Å²) in [6, 6.07) is 23.2. The molecule has 5 heteroatoms. The molecular weight excluding hydrogens is 402 g/mol. The molecule has 0 aliphatic carbocycles. The molecule has 0 heterocycles. The van der Waals surface area contributed by atoms with E-state index in [1.807, 2.05) is 74.5 Å². The molecular formula is C24H24ClNO2S. The average Bonchev–Trinajstić information content (AvgIpc) is 2.74. The van der Waals surface area contributed by atoms with Crippen LogP contribution in [0.5, 0.6) is 5.75 Å². The highest BCUT2D eigenvalue weighted by Gasteiger charge is 2.14. The maximum Gasteiger partial charge on any atom is 0.251 e. The Bertz CT molecular complexity index is 945. The number of ether oxygens (including phenoxy) is 1. The van der Waals surface area contributed by atoms with Crippen LogP contribution in [-0.2, 0) is 5.75 Å². The van der Waals surface area contributed by atoms with Crippen molar-refractivity contribution in [2.75, 3.05) is 6.61 Å². The van der Waals surface area contributed by atoms with E-state index >= 15 is 0 Å². The standard InChI is InChI=1S/C24H24ClNO2S/c1-3-28-23-14-11-19(15-20(23)16-29-22-7-5-4-6-8-22)24(27)26-17(2)18-9-12-21(25)13-10-18/h4-15,17H,3,16H2,1-2H3,(H,26,27)/t17-/m0/s1. The highest BCUT2D eigenvalue weighted by atomic mass is 35.5. The normalized spacial score (nSPS) is 11.7. The predicted molar refractivity (Wildman–Crippen MR) is 121 cm³/mol. The third-order valence-electron chi connectivity index (χ3n) is 4.48. The number of thioether (sulfide) groups is 1. The molecule has 0 bridgehead atoms. The van der Waals surface area contributed by atoms with Crippen LogP contribution in [0.4, 0.5) is 0 Å². The van der Waals surface area contributed by atoms with Gasteiger partial charge in [-0.05, 0) is 61.9 Å². The van der Waals surface area contributed by atoms with Crippen LogP contribution in [0.2, 0.25) is 5.02 Å². The van der Waals surface area contributed by atoms with Crippen molar-refractivity contribution >= 4 is 29.3 Å². The van der Waals surface area contributed by atoms with E-state index in [1.54, 1.807) is 11.8 Å². The van der Waals surface area contributed by atoms with Crippen LogP contribution in [0, 0.1) is 0 Å². The first-order chi connectivity index (χ1) is 14.1. The fourth-order valence-electron chi connectivity index (χ4n) is 2.92. The zero-order valence-electron chi connectivity index (χ0n) is 16.5. The lowest BCUT2D eigenvalue weighted by Gasteiger charge is -2.16. The van der Waals surface area contributed by atoms with Gasteiger partial charge in [0.05, 0.1) is 12.6 Å². The van der Waals surface area contributed by atoms with E-state index in [9.17, 15) is 4.79 Å². The van der Waals surface area contributed by atoms with Gasteiger partial charge in [-0.3, -0.25) is 4.79 Å². The van der Waals surface area contributed by atoms with Crippen LogP contribution in [0.1, 0.15) is 41.4 Å². The largest absolute Gasteiger partial charge is 0.494 e. The van der Waals surface area contributed by atoms with Gasteiger partial charge < -0.3 is 10.1 Å². The van der Waals surface area contributed by atoms with Gasteiger partial charge in [-0.15, -0.1) is 11.8 Å². The fraction of sp³-hybridized carbons (Fsp3) is 0.208. The Labute approximate surface area is 181 Å². The van der Waals surface area contributed by atoms with Crippen molar-refractivity contribution in [2.24, 2.45) is 0 Å². The van der Waals surface area contributed by atoms with Gasteiger partial charge in [0.2, 0.25) is 0 Å². The van der Waals surface area contributed by atoms with Crippen molar-refractivity contribution in [3.8, 4) is 5.75 Å². The summed E-state index contributed by atoms with van der Waals surface area (Å²) in [5, 5.41) is 3.73. The summed E-state index contributed by atoms with van der Waals surface area (Å²) in [4.78, 5) is 14.0. The van der Waals surface area contributed by atoms with E-state index in [2.05, 4.69) is 17.4 Å². The van der Waals surface area contributed by atoms with Crippen molar-refractivity contribution in [1.29, 1.82) is 0 Å². The van der Waals surface area contributed by atoms with Crippen molar-refractivity contribution < 1.29 is 9.53 Å². The van der Waals surface area contributed by atoms with Crippen LogP contribution in [-0.4, -0.2) is 12.5 Å². The Morgan fingerprint density at radius 2 is 1.79 bits per heavy atom. The average molecular weight is 426 g/mol. The SMILES string of the molecule is CCOc1ccc(C(=O)N[C@@H](C)c2ccc(Cl)cc2)cc1CSc1ccccc1. The molecule has 0 fully saturated rings. The van der Waals surface area contributed by atoms with Crippen molar-refractivity contribution in [1.82, 2.24) is 5.32 Å². The molecule has 0 aromatic heterocycles. The van der Waals surface area contributed by atoms with Crippen LogP contribution < -0.4 is 10.1 Å². The Kier molecular flexibility index (Phi) is 7.62. The summed E-state index contributed by atoms with van der Waals surface area (Å²) in [5.41, 5.74) is 2.64. The summed E-state index contributed by atoms with van der Waals surface area (Å²) < 4.78 is 5.76. The Morgan fingerprint density at radius 1 is 1.07 bits per heavy atom. The minimum Gasteiger partial charge on any atom is -0.494 e. The molecule has 29 heavy (non-hydrogen) atoms. The van der Waals surface area contributed by atoms with E-state index in [4.69, 9.17) is 16.3 Å². The zero-order valence-corrected chi connectivity index (χ0v) is 18.1. The maximum atomic E-state index is 12.8. The lowest BCUT2D eigenvalue weighted by atomic mass is 10.1. The first-order valence-electron chi connectivity index (χ1n) is 9.56. The molecule has 0 unspecified atom stereocenters. The predicted octanol–water partition coefficient (Wildman–Crippen LogP) is 6.52. The summed E-state index contributed by atoms with van der Waals surface area (Å²) in [7, 11) is 0. The quantitative estimate of drug-likeness (QED) is 0.417. The first kappa shape index (κ1) is 21.3. The minimum absolute atomic E-state index is 0.110.